The molecule has 40 heavy (non-hydrogen) atoms. The molecule has 5 rings (SSSR count). The Kier molecular flexibility index (Phi) is 7.92. The molecule has 3 N–H and O–H groups in total. The summed E-state index contributed by atoms with van der Waals surface area (Å²) in [5.41, 5.74) is 9.62. The minimum Gasteiger partial charge on any atom is -0.382 e. The van der Waals surface area contributed by atoms with Gasteiger partial charge < -0.3 is 16.0 Å². The number of piperazine rings is 1. The molecule has 3 heterocycles. The quantitative estimate of drug-likeness (QED) is 0.309. The van der Waals surface area contributed by atoms with E-state index >= 15 is 0 Å². The fraction of sp³-hybridized carbons (Fsp3) is 0.290. The topological polar surface area (TPSA) is 70.3 Å². The number of hydrogen-bond acceptors (Lipinski definition) is 6. The lowest BCUT2D eigenvalue weighted by Gasteiger charge is -2.34. The fourth-order valence-electron chi connectivity index (χ4n) is 4.89. The zero-order valence-electron chi connectivity index (χ0n) is 22.5. The van der Waals surface area contributed by atoms with Crippen molar-refractivity contribution in [1.29, 1.82) is 0 Å². The number of anilines is 3. The first kappa shape index (κ1) is 27.4. The number of pyridine rings is 2. The third-order valence-electron chi connectivity index (χ3n) is 7.25. The van der Waals surface area contributed by atoms with E-state index in [-0.39, 0.29) is 12.1 Å². The number of nitrogen functional groups attached to an aromatic ring is 1. The van der Waals surface area contributed by atoms with Crippen LogP contribution in [0, 0.1) is 18.8 Å². The molecule has 1 aliphatic rings. The maximum atomic E-state index is 14.1. The first-order valence-corrected chi connectivity index (χ1v) is 13.2. The second-order valence-electron chi connectivity index (χ2n) is 9.94. The molecule has 206 valence electrons. The Hall–Kier alpha value is -4.13. The second-order valence-corrected chi connectivity index (χ2v) is 9.94. The molecule has 0 bridgehead atoms. The van der Waals surface area contributed by atoms with E-state index in [4.69, 9.17) is 5.73 Å². The largest absolute Gasteiger partial charge is 0.416 e. The highest BCUT2D eigenvalue weighted by Crippen LogP contribution is 2.35. The number of fused-ring (bicyclic) bond motifs is 1. The van der Waals surface area contributed by atoms with E-state index in [1.807, 2.05) is 37.3 Å². The number of aromatic nitrogens is 2. The van der Waals surface area contributed by atoms with Crippen LogP contribution in [0.3, 0.4) is 0 Å². The van der Waals surface area contributed by atoms with E-state index in [1.165, 1.54) is 6.07 Å². The van der Waals surface area contributed by atoms with Gasteiger partial charge >= 0.3 is 6.18 Å². The number of nitrogens with zero attached hydrogens (tertiary/aromatic N) is 4. The fourth-order valence-corrected chi connectivity index (χ4v) is 4.89. The van der Waals surface area contributed by atoms with Gasteiger partial charge in [0.2, 0.25) is 0 Å². The summed E-state index contributed by atoms with van der Waals surface area (Å²) in [6.07, 6.45) is -1.18. The van der Waals surface area contributed by atoms with Crippen LogP contribution >= 0.6 is 0 Å². The van der Waals surface area contributed by atoms with Crippen LogP contribution in [-0.4, -0.2) is 52.5 Å². The Bertz CT molecular complexity index is 1580. The predicted octanol–water partition coefficient (Wildman–Crippen LogP) is 5.82. The van der Waals surface area contributed by atoms with E-state index in [0.29, 0.717) is 28.3 Å². The van der Waals surface area contributed by atoms with E-state index in [9.17, 15) is 13.2 Å². The molecule has 0 radical (unpaired) electrons. The van der Waals surface area contributed by atoms with Gasteiger partial charge in [0.1, 0.15) is 11.3 Å². The van der Waals surface area contributed by atoms with Crippen LogP contribution in [0.1, 0.15) is 34.7 Å². The van der Waals surface area contributed by atoms with Gasteiger partial charge in [0.25, 0.3) is 0 Å². The van der Waals surface area contributed by atoms with Gasteiger partial charge in [0, 0.05) is 67.4 Å². The highest BCUT2D eigenvalue weighted by Gasteiger charge is 2.34. The normalized spacial score (nSPS) is 14.6. The molecule has 1 aliphatic heterocycles. The summed E-state index contributed by atoms with van der Waals surface area (Å²) in [6, 6.07) is 13.7. The van der Waals surface area contributed by atoms with Crippen molar-refractivity contribution in [2.75, 3.05) is 43.8 Å². The molecule has 0 atom stereocenters. The number of likely N-dealkylation sites (N-methyl/N-ethyl adjacent to an activating group) is 1. The minimum atomic E-state index is -4.45. The van der Waals surface area contributed by atoms with Gasteiger partial charge in [-0.25, -0.2) is 4.98 Å². The number of benzene rings is 2. The average molecular weight is 545 g/mol. The van der Waals surface area contributed by atoms with Gasteiger partial charge in [0.15, 0.2) is 0 Å². The Morgan fingerprint density at radius 1 is 0.925 bits per heavy atom. The molecule has 0 saturated carbocycles. The van der Waals surface area contributed by atoms with Crippen molar-refractivity contribution in [3.8, 4) is 11.8 Å². The number of alkyl halides is 3. The predicted molar refractivity (Wildman–Crippen MR) is 153 cm³/mol. The van der Waals surface area contributed by atoms with Crippen LogP contribution in [-0.2, 0) is 12.7 Å². The lowest BCUT2D eigenvalue weighted by Crippen LogP contribution is -2.45. The van der Waals surface area contributed by atoms with Crippen molar-refractivity contribution in [1.82, 2.24) is 19.8 Å². The molecule has 0 amide bonds. The molecule has 0 unspecified atom stereocenters. The Morgan fingerprint density at radius 3 is 2.38 bits per heavy atom. The van der Waals surface area contributed by atoms with E-state index in [1.54, 1.807) is 24.5 Å². The molecule has 2 aromatic heterocycles. The maximum absolute atomic E-state index is 14.1. The van der Waals surface area contributed by atoms with Crippen LogP contribution in [0.15, 0.2) is 60.9 Å². The van der Waals surface area contributed by atoms with Gasteiger partial charge in [-0.3, -0.25) is 9.88 Å². The summed E-state index contributed by atoms with van der Waals surface area (Å²) < 4.78 is 42.2. The van der Waals surface area contributed by atoms with Crippen LogP contribution in [0.25, 0.3) is 10.9 Å². The molecule has 2 aromatic carbocycles. The van der Waals surface area contributed by atoms with E-state index < -0.39 is 11.7 Å². The molecule has 0 aliphatic carbocycles. The van der Waals surface area contributed by atoms with Crippen molar-refractivity contribution < 1.29 is 13.2 Å². The van der Waals surface area contributed by atoms with Crippen molar-refractivity contribution in [3.05, 3.63) is 88.7 Å². The van der Waals surface area contributed by atoms with Gasteiger partial charge in [0.05, 0.1) is 11.1 Å². The number of hydrogen-bond donors (Lipinski definition) is 2. The molecular weight excluding hydrogens is 513 g/mol. The monoisotopic (exact) mass is 544 g/mol. The van der Waals surface area contributed by atoms with Crippen molar-refractivity contribution >= 4 is 28.1 Å². The molecule has 9 heteroatoms. The first-order chi connectivity index (χ1) is 19.2. The van der Waals surface area contributed by atoms with Gasteiger partial charge in [-0.05, 0) is 61.0 Å². The van der Waals surface area contributed by atoms with Crippen LogP contribution in [0.5, 0.6) is 0 Å². The third-order valence-corrected chi connectivity index (χ3v) is 7.25. The van der Waals surface area contributed by atoms with Gasteiger partial charge in [-0.1, -0.05) is 30.9 Å². The number of rotatable bonds is 5. The smallest absolute Gasteiger partial charge is 0.382 e. The minimum absolute atomic E-state index is 0.279. The molecule has 0 spiro atoms. The standard InChI is InChI=1S/C31H31F3N6/c1-3-39-13-15-40(16-14-39)20-24-9-11-26(18-28(24)31(32,33)34)38-25-10-6-21(2)22(17-25)7-8-23-19-37-30(35)29-27(23)5-4-12-36-29/h4-6,9-12,17-19,38H,3,13-16,20H2,1-2H3,(H2,35,37). The van der Waals surface area contributed by atoms with E-state index in [0.717, 1.165) is 49.2 Å². The Morgan fingerprint density at radius 2 is 1.62 bits per heavy atom. The SMILES string of the molecule is CCN1CCN(Cc2ccc(Nc3ccc(C)c(C#Cc4cnc(N)c5ncccc45)c3)cc2C(F)(F)F)CC1. The molecule has 4 aromatic rings. The van der Waals surface area contributed by atoms with Crippen molar-refractivity contribution in [3.63, 3.8) is 0 Å². The zero-order valence-corrected chi connectivity index (χ0v) is 22.5. The number of aryl methyl sites for hydroxylation is 1. The van der Waals surface area contributed by atoms with Crippen LogP contribution in [0.2, 0.25) is 0 Å². The lowest BCUT2D eigenvalue weighted by molar-refractivity contribution is -0.138. The highest BCUT2D eigenvalue weighted by molar-refractivity contribution is 5.91. The summed E-state index contributed by atoms with van der Waals surface area (Å²) in [5.74, 6) is 6.67. The summed E-state index contributed by atoms with van der Waals surface area (Å²) in [7, 11) is 0. The molecular formula is C31H31F3N6. The van der Waals surface area contributed by atoms with E-state index in [2.05, 4.69) is 43.8 Å². The van der Waals surface area contributed by atoms with Gasteiger partial charge in [-0.2, -0.15) is 13.2 Å². The summed E-state index contributed by atoms with van der Waals surface area (Å²) >= 11 is 0. The summed E-state index contributed by atoms with van der Waals surface area (Å²) in [6.45, 7) is 8.54. The highest BCUT2D eigenvalue weighted by atomic mass is 19.4. The third kappa shape index (κ3) is 6.19. The zero-order chi connectivity index (χ0) is 28.3. The summed E-state index contributed by atoms with van der Waals surface area (Å²) in [5, 5.41) is 3.94. The molecule has 6 nitrogen and oxygen atoms in total. The van der Waals surface area contributed by atoms with Crippen molar-refractivity contribution in [2.45, 2.75) is 26.6 Å². The average Bonchev–Trinajstić information content (AvgIpc) is 2.95. The number of nitrogens with one attached hydrogen (secondary N) is 1. The van der Waals surface area contributed by atoms with Gasteiger partial charge in [-0.15, -0.1) is 0 Å². The maximum Gasteiger partial charge on any atom is 0.416 e. The van der Waals surface area contributed by atoms with Crippen LogP contribution in [0.4, 0.5) is 30.4 Å². The second kappa shape index (κ2) is 11.5. The first-order valence-electron chi connectivity index (χ1n) is 13.2. The van der Waals surface area contributed by atoms with Crippen LogP contribution < -0.4 is 11.1 Å². The lowest BCUT2D eigenvalue weighted by atomic mass is 10.0. The molecule has 1 fully saturated rings. The van der Waals surface area contributed by atoms with Crippen molar-refractivity contribution in [2.24, 2.45) is 0 Å². The Balaban J connectivity index is 1.38. The number of halogens is 3. The molecule has 1 saturated heterocycles. The Labute approximate surface area is 232 Å². The number of nitrogens with two attached hydrogens (primary N) is 1. The summed E-state index contributed by atoms with van der Waals surface area (Å²) in [4.78, 5) is 12.9.